The Balaban J connectivity index is 0.00000300. The third kappa shape index (κ3) is 5.97. The molecule has 1 N–H and O–H groups in total. The molecule has 0 spiro atoms. The number of benzene rings is 2. The van der Waals surface area contributed by atoms with Crippen molar-refractivity contribution in [1.29, 1.82) is 0 Å². The van der Waals surface area contributed by atoms with Crippen LogP contribution in [0.1, 0.15) is 17.2 Å². The van der Waals surface area contributed by atoms with Gasteiger partial charge in [-0.3, -0.25) is 15.0 Å². The predicted octanol–water partition coefficient (Wildman–Crippen LogP) is 2.68. The summed E-state index contributed by atoms with van der Waals surface area (Å²) in [5.41, 5.74) is 1.03. The number of hydrogen-bond donors (Lipinski definition) is 1. The molecule has 29 heavy (non-hydrogen) atoms. The molecule has 2 aromatic carbocycles. The van der Waals surface area contributed by atoms with Gasteiger partial charge in [-0.1, -0.05) is 36.4 Å². The standard InChI is InChI=1S/C19H23N3O5S.ClH/c1-15-7-8-17(22(23)24)13-19(15)28(25,26)20-18(16-5-3-2-4-6-16)14-21-9-11-27-12-10-21;/h2-8,13,18,20H,9-12,14H2,1H3;1H. The quantitative estimate of drug-likeness (QED) is 0.523. The van der Waals surface area contributed by atoms with E-state index < -0.39 is 21.0 Å². The Morgan fingerprint density at radius 1 is 1.17 bits per heavy atom. The Morgan fingerprint density at radius 3 is 2.45 bits per heavy atom. The molecule has 1 saturated heterocycles. The van der Waals surface area contributed by atoms with Gasteiger partial charge >= 0.3 is 0 Å². The number of nitrogens with one attached hydrogen (secondary N) is 1. The van der Waals surface area contributed by atoms with Gasteiger partial charge in [0.2, 0.25) is 10.0 Å². The molecule has 0 saturated carbocycles. The highest BCUT2D eigenvalue weighted by Crippen LogP contribution is 2.24. The summed E-state index contributed by atoms with van der Waals surface area (Å²) in [5.74, 6) is 0. The number of halogens is 1. The first-order chi connectivity index (χ1) is 13.4. The van der Waals surface area contributed by atoms with E-state index in [2.05, 4.69) is 9.62 Å². The van der Waals surface area contributed by atoms with Crippen LogP contribution in [0.5, 0.6) is 0 Å². The first-order valence-electron chi connectivity index (χ1n) is 8.99. The van der Waals surface area contributed by atoms with Gasteiger partial charge in [-0.15, -0.1) is 12.4 Å². The van der Waals surface area contributed by atoms with E-state index in [4.69, 9.17) is 4.74 Å². The first-order valence-corrected chi connectivity index (χ1v) is 10.5. The van der Waals surface area contributed by atoms with Crippen LogP contribution in [0.25, 0.3) is 0 Å². The van der Waals surface area contributed by atoms with E-state index in [0.717, 1.165) is 24.7 Å². The molecule has 0 bridgehead atoms. The molecule has 10 heteroatoms. The molecule has 8 nitrogen and oxygen atoms in total. The fraction of sp³-hybridized carbons (Fsp3) is 0.368. The lowest BCUT2D eigenvalue weighted by atomic mass is 10.1. The van der Waals surface area contributed by atoms with Gasteiger partial charge < -0.3 is 4.74 Å². The zero-order chi connectivity index (χ0) is 20.1. The molecule has 0 aromatic heterocycles. The predicted molar refractivity (Wildman–Crippen MR) is 112 cm³/mol. The molecule has 1 aliphatic heterocycles. The van der Waals surface area contributed by atoms with Crippen LogP contribution in [0.2, 0.25) is 0 Å². The second-order valence-corrected chi connectivity index (χ2v) is 8.39. The molecule has 1 unspecified atom stereocenters. The third-order valence-corrected chi connectivity index (χ3v) is 6.33. The molecule has 3 rings (SSSR count). The summed E-state index contributed by atoms with van der Waals surface area (Å²) >= 11 is 0. The van der Waals surface area contributed by atoms with E-state index in [0.29, 0.717) is 25.3 Å². The smallest absolute Gasteiger partial charge is 0.270 e. The lowest BCUT2D eigenvalue weighted by Gasteiger charge is -2.31. The minimum absolute atomic E-state index is 0. The number of nitro benzene ring substituents is 1. The zero-order valence-electron chi connectivity index (χ0n) is 16.0. The van der Waals surface area contributed by atoms with Crippen LogP contribution in [0.3, 0.4) is 0 Å². The number of sulfonamides is 1. The highest BCUT2D eigenvalue weighted by molar-refractivity contribution is 7.89. The van der Waals surface area contributed by atoms with E-state index in [-0.39, 0.29) is 23.0 Å². The Hall–Kier alpha value is -2.04. The summed E-state index contributed by atoms with van der Waals surface area (Å²) < 4.78 is 34.3. The van der Waals surface area contributed by atoms with Crippen molar-refractivity contribution in [3.8, 4) is 0 Å². The number of non-ortho nitro benzene ring substituents is 1. The van der Waals surface area contributed by atoms with Crippen LogP contribution in [0.4, 0.5) is 5.69 Å². The third-order valence-electron chi connectivity index (χ3n) is 4.72. The lowest BCUT2D eigenvalue weighted by molar-refractivity contribution is -0.385. The molecule has 1 fully saturated rings. The maximum atomic E-state index is 13.1. The van der Waals surface area contributed by atoms with E-state index in [9.17, 15) is 18.5 Å². The maximum absolute atomic E-state index is 13.1. The largest absolute Gasteiger partial charge is 0.379 e. The van der Waals surface area contributed by atoms with Crippen LogP contribution in [0.15, 0.2) is 53.4 Å². The van der Waals surface area contributed by atoms with Crippen molar-refractivity contribution in [1.82, 2.24) is 9.62 Å². The second kappa shape index (κ2) is 10.1. The minimum Gasteiger partial charge on any atom is -0.379 e. The van der Waals surface area contributed by atoms with E-state index in [1.54, 1.807) is 6.92 Å². The molecule has 2 aromatic rings. The van der Waals surface area contributed by atoms with Crippen molar-refractivity contribution in [3.63, 3.8) is 0 Å². The minimum atomic E-state index is -3.96. The Kier molecular flexibility index (Phi) is 8.12. The van der Waals surface area contributed by atoms with Gasteiger partial charge in [0.1, 0.15) is 0 Å². The molecule has 158 valence electrons. The normalized spacial score (nSPS) is 16.0. The molecule has 0 aliphatic carbocycles. The number of nitrogens with zero attached hydrogens (tertiary/aromatic N) is 2. The zero-order valence-corrected chi connectivity index (χ0v) is 17.6. The van der Waals surface area contributed by atoms with Gasteiger partial charge in [0, 0.05) is 31.8 Å². The summed E-state index contributed by atoms with van der Waals surface area (Å²) in [4.78, 5) is 12.5. The average molecular weight is 442 g/mol. The van der Waals surface area contributed by atoms with Crippen molar-refractivity contribution in [3.05, 3.63) is 69.8 Å². The van der Waals surface area contributed by atoms with E-state index in [1.807, 2.05) is 30.3 Å². The number of nitro groups is 1. The number of rotatable bonds is 7. The Morgan fingerprint density at radius 2 is 1.83 bits per heavy atom. The van der Waals surface area contributed by atoms with Crippen molar-refractivity contribution in [2.24, 2.45) is 0 Å². The summed E-state index contributed by atoms with van der Waals surface area (Å²) in [6.07, 6.45) is 0. The Bertz CT molecular complexity index is 934. The van der Waals surface area contributed by atoms with Gasteiger partial charge in [-0.05, 0) is 18.1 Å². The van der Waals surface area contributed by atoms with Crippen LogP contribution >= 0.6 is 12.4 Å². The molecular formula is C19H24ClN3O5S. The van der Waals surface area contributed by atoms with Crippen LogP contribution < -0.4 is 4.72 Å². The summed E-state index contributed by atoms with van der Waals surface area (Å²) in [5, 5.41) is 11.1. The van der Waals surface area contributed by atoms with Crippen LogP contribution in [0, 0.1) is 17.0 Å². The monoisotopic (exact) mass is 441 g/mol. The van der Waals surface area contributed by atoms with Gasteiger partial charge in [0.05, 0.1) is 29.1 Å². The van der Waals surface area contributed by atoms with Crippen LogP contribution in [-0.2, 0) is 14.8 Å². The number of hydrogen-bond acceptors (Lipinski definition) is 6. The summed E-state index contributed by atoms with van der Waals surface area (Å²) in [7, 11) is -3.96. The van der Waals surface area contributed by atoms with Gasteiger partial charge in [-0.2, -0.15) is 0 Å². The molecule has 0 amide bonds. The fourth-order valence-corrected chi connectivity index (χ4v) is 4.66. The van der Waals surface area contributed by atoms with Crippen molar-refractivity contribution in [2.45, 2.75) is 17.9 Å². The fourth-order valence-electron chi connectivity index (χ4n) is 3.18. The van der Waals surface area contributed by atoms with E-state index >= 15 is 0 Å². The molecule has 1 atom stereocenters. The summed E-state index contributed by atoms with van der Waals surface area (Å²) in [6.45, 7) is 4.77. The second-order valence-electron chi connectivity index (χ2n) is 6.70. The lowest BCUT2D eigenvalue weighted by Crippen LogP contribution is -2.43. The van der Waals surface area contributed by atoms with Crippen molar-refractivity contribution in [2.75, 3.05) is 32.8 Å². The molecule has 1 aliphatic rings. The average Bonchev–Trinajstić information content (AvgIpc) is 2.69. The summed E-state index contributed by atoms with van der Waals surface area (Å²) in [6, 6.07) is 12.7. The Labute approximate surface area is 176 Å². The van der Waals surface area contributed by atoms with Gasteiger partial charge in [0.15, 0.2) is 0 Å². The van der Waals surface area contributed by atoms with E-state index in [1.165, 1.54) is 12.1 Å². The van der Waals surface area contributed by atoms with Gasteiger partial charge in [0.25, 0.3) is 5.69 Å². The van der Waals surface area contributed by atoms with Crippen molar-refractivity contribution < 1.29 is 18.1 Å². The number of morpholine rings is 1. The molecule has 0 radical (unpaired) electrons. The SMILES string of the molecule is Cc1ccc([N+](=O)[O-])cc1S(=O)(=O)NC(CN1CCOCC1)c1ccccc1.Cl. The number of aryl methyl sites for hydroxylation is 1. The number of ether oxygens (including phenoxy) is 1. The molecular weight excluding hydrogens is 418 g/mol. The highest BCUT2D eigenvalue weighted by Gasteiger charge is 2.27. The van der Waals surface area contributed by atoms with Crippen molar-refractivity contribution >= 4 is 28.1 Å². The molecule has 1 heterocycles. The highest BCUT2D eigenvalue weighted by atomic mass is 35.5. The van der Waals surface area contributed by atoms with Crippen LogP contribution in [-0.4, -0.2) is 51.1 Å². The topological polar surface area (TPSA) is 102 Å². The van der Waals surface area contributed by atoms with Gasteiger partial charge in [-0.25, -0.2) is 13.1 Å². The first kappa shape index (κ1) is 23.2. The maximum Gasteiger partial charge on any atom is 0.270 e.